The zero-order valence-corrected chi connectivity index (χ0v) is 13.8. The maximum atomic E-state index is 12.1. The third kappa shape index (κ3) is 3.98. The van der Waals surface area contributed by atoms with E-state index in [1.807, 2.05) is 0 Å². The molecule has 8 heteroatoms. The molecule has 0 unspecified atom stereocenters. The number of ether oxygens (including phenoxy) is 2. The number of carbonyl (C=O) groups is 2. The minimum absolute atomic E-state index is 0.204. The number of aromatic nitrogens is 1. The Morgan fingerprint density at radius 2 is 2.00 bits per heavy atom. The molecule has 1 aromatic carbocycles. The molecule has 2 rings (SSSR count). The van der Waals surface area contributed by atoms with E-state index in [4.69, 9.17) is 9.47 Å². The van der Waals surface area contributed by atoms with Crippen LogP contribution in [0.4, 0.5) is 0 Å². The van der Waals surface area contributed by atoms with Gasteiger partial charge in [-0.1, -0.05) is 0 Å². The van der Waals surface area contributed by atoms with Gasteiger partial charge in [0, 0.05) is 24.5 Å². The van der Waals surface area contributed by atoms with Crippen molar-refractivity contribution in [2.75, 3.05) is 21.3 Å². The lowest BCUT2D eigenvalue weighted by Gasteiger charge is -2.11. The molecular formula is C15H17N3O4S. The zero-order chi connectivity index (χ0) is 16.8. The molecular weight excluding hydrogens is 318 g/mol. The predicted octanol–water partition coefficient (Wildman–Crippen LogP) is 1.45. The van der Waals surface area contributed by atoms with Crippen LogP contribution in [0.15, 0.2) is 23.6 Å². The summed E-state index contributed by atoms with van der Waals surface area (Å²) < 4.78 is 10.4. The highest BCUT2D eigenvalue weighted by Gasteiger charge is 2.15. The first kappa shape index (κ1) is 16.8. The summed E-state index contributed by atoms with van der Waals surface area (Å²) in [5.41, 5.74) is 0.984. The van der Waals surface area contributed by atoms with Crippen LogP contribution in [-0.4, -0.2) is 38.1 Å². The van der Waals surface area contributed by atoms with E-state index in [1.165, 1.54) is 7.05 Å². The molecule has 0 aliphatic heterocycles. The highest BCUT2D eigenvalue weighted by atomic mass is 32.1. The number of thiazole rings is 1. The Kier molecular flexibility index (Phi) is 5.53. The summed E-state index contributed by atoms with van der Waals surface area (Å²) in [6.45, 7) is 0.256. The molecule has 2 amide bonds. The van der Waals surface area contributed by atoms with Crippen molar-refractivity contribution in [1.29, 1.82) is 0 Å². The Labute approximate surface area is 137 Å². The second-order valence-corrected chi connectivity index (χ2v) is 5.34. The average molecular weight is 335 g/mol. The van der Waals surface area contributed by atoms with E-state index in [-0.39, 0.29) is 29.1 Å². The Hall–Kier alpha value is -2.61. The van der Waals surface area contributed by atoms with Crippen molar-refractivity contribution in [3.63, 3.8) is 0 Å². The summed E-state index contributed by atoms with van der Waals surface area (Å²) in [7, 11) is 4.64. The van der Waals surface area contributed by atoms with Gasteiger partial charge in [0.25, 0.3) is 11.8 Å². The SMILES string of the molecule is CNC(=O)c1nc(C(=O)NCc2cc(OC)ccc2OC)cs1. The fourth-order valence-electron chi connectivity index (χ4n) is 1.88. The monoisotopic (exact) mass is 335 g/mol. The number of amides is 2. The number of benzene rings is 1. The second kappa shape index (κ2) is 7.59. The van der Waals surface area contributed by atoms with Gasteiger partial charge in [-0.3, -0.25) is 9.59 Å². The van der Waals surface area contributed by atoms with Gasteiger partial charge >= 0.3 is 0 Å². The van der Waals surface area contributed by atoms with Crippen LogP contribution in [0.3, 0.4) is 0 Å². The van der Waals surface area contributed by atoms with Gasteiger partial charge in [-0.25, -0.2) is 4.98 Å². The third-order valence-electron chi connectivity index (χ3n) is 3.09. The molecule has 2 N–H and O–H groups in total. The Bertz CT molecular complexity index is 714. The van der Waals surface area contributed by atoms with Gasteiger partial charge in [0.2, 0.25) is 0 Å². The summed E-state index contributed by atoms with van der Waals surface area (Å²) in [5.74, 6) is 0.644. The fourth-order valence-corrected chi connectivity index (χ4v) is 2.62. The van der Waals surface area contributed by atoms with E-state index in [0.717, 1.165) is 16.9 Å². The molecule has 2 aromatic rings. The van der Waals surface area contributed by atoms with Crippen LogP contribution < -0.4 is 20.1 Å². The van der Waals surface area contributed by atoms with Crippen molar-refractivity contribution in [2.24, 2.45) is 0 Å². The van der Waals surface area contributed by atoms with Crippen LogP contribution in [0.2, 0.25) is 0 Å². The van der Waals surface area contributed by atoms with E-state index >= 15 is 0 Å². The number of hydrogen-bond acceptors (Lipinski definition) is 6. The quantitative estimate of drug-likeness (QED) is 0.834. The number of carbonyl (C=O) groups excluding carboxylic acids is 2. The maximum Gasteiger partial charge on any atom is 0.280 e. The van der Waals surface area contributed by atoms with Crippen LogP contribution in [-0.2, 0) is 6.54 Å². The molecule has 0 fully saturated rings. The standard InChI is InChI=1S/C15H17N3O4S/c1-16-14(20)15-18-11(8-23-15)13(19)17-7-9-6-10(21-2)4-5-12(9)22-3/h4-6,8H,7H2,1-3H3,(H,16,20)(H,17,19). The topological polar surface area (TPSA) is 89.6 Å². The van der Waals surface area contributed by atoms with E-state index < -0.39 is 0 Å². The summed E-state index contributed by atoms with van der Waals surface area (Å²) in [6.07, 6.45) is 0. The lowest BCUT2D eigenvalue weighted by molar-refractivity contribution is 0.0946. The van der Waals surface area contributed by atoms with Crippen molar-refractivity contribution in [3.8, 4) is 11.5 Å². The summed E-state index contributed by atoms with van der Waals surface area (Å²) >= 11 is 1.12. The van der Waals surface area contributed by atoms with Gasteiger partial charge in [0.15, 0.2) is 5.01 Å². The summed E-state index contributed by atoms with van der Waals surface area (Å²) in [5, 5.41) is 7.01. The fraction of sp³-hybridized carbons (Fsp3) is 0.267. The van der Waals surface area contributed by atoms with Gasteiger partial charge in [0.05, 0.1) is 14.2 Å². The lowest BCUT2D eigenvalue weighted by atomic mass is 10.2. The number of hydrogen-bond donors (Lipinski definition) is 2. The van der Waals surface area contributed by atoms with Crippen LogP contribution in [0.5, 0.6) is 11.5 Å². The van der Waals surface area contributed by atoms with E-state index in [0.29, 0.717) is 11.5 Å². The Morgan fingerprint density at radius 3 is 2.65 bits per heavy atom. The smallest absolute Gasteiger partial charge is 0.280 e. The molecule has 23 heavy (non-hydrogen) atoms. The Balaban J connectivity index is 2.07. The van der Waals surface area contributed by atoms with Crippen LogP contribution in [0.25, 0.3) is 0 Å². The minimum atomic E-state index is -0.360. The molecule has 1 aromatic heterocycles. The van der Waals surface area contributed by atoms with Gasteiger partial charge in [-0.05, 0) is 18.2 Å². The summed E-state index contributed by atoms with van der Waals surface area (Å²) in [4.78, 5) is 27.6. The maximum absolute atomic E-state index is 12.1. The number of rotatable bonds is 6. The normalized spacial score (nSPS) is 10.0. The van der Waals surface area contributed by atoms with Gasteiger partial charge < -0.3 is 20.1 Å². The highest BCUT2D eigenvalue weighted by Crippen LogP contribution is 2.23. The van der Waals surface area contributed by atoms with Crippen molar-refractivity contribution in [1.82, 2.24) is 15.6 Å². The molecule has 0 saturated carbocycles. The summed E-state index contributed by atoms with van der Waals surface area (Å²) in [6, 6.07) is 5.34. The van der Waals surface area contributed by atoms with Crippen LogP contribution in [0, 0.1) is 0 Å². The van der Waals surface area contributed by atoms with Crippen molar-refractivity contribution in [2.45, 2.75) is 6.54 Å². The molecule has 7 nitrogen and oxygen atoms in total. The van der Waals surface area contributed by atoms with Gasteiger partial charge in [0.1, 0.15) is 17.2 Å². The van der Waals surface area contributed by atoms with E-state index in [1.54, 1.807) is 37.8 Å². The molecule has 0 spiro atoms. The number of nitrogens with one attached hydrogen (secondary N) is 2. The molecule has 0 aliphatic rings. The zero-order valence-electron chi connectivity index (χ0n) is 13.0. The minimum Gasteiger partial charge on any atom is -0.497 e. The van der Waals surface area contributed by atoms with Crippen molar-refractivity contribution >= 4 is 23.2 Å². The van der Waals surface area contributed by atoms with Gasteiger partial charge in [-0.15, -0.1) is 11.3 Å². The second-order valence-electron chi connectivity index (χ2n) is 4.48. The van der Waals surface area contributed by atoms with Crippen molar-refractivity contribution in [3.05, 3.63) is 39.8 Å². The van der Waals surface area contributed by atoms with E-state index in [9.17, 15) is 9.59 Å². The molecule has 0 radical (unpaired) electrons. The largest absolute Gasteiger partial charge is 0.497 e. The van der Waals surface area contributed by atoms with Crippen LogP contribution >= 0.6 is 11.3 Å². The number of nitrogens with zero attached hydrogens (tertiary/aromatic N) is 1. The molecule has 0 bridgehead atoms. The number of methoxy groups -OCH3 is 2. The third-order valence-corrected chi connectivity index (χ3v) is 3.93. The first-order valence-corrected chi connectivity index (χ1v) is 7.63. The lowest BCUT2D eigenvalue weighted by Crippen LogP contribution is -2.24. The molecule has 0 atom stereocenters. The van der Waals surface area contributed by atoms with Crippen LogP contribution in [0.1, 0.15) is 25.9 Å². The molecule has 122 valence electrons. The molecule has 0 aliphatic carbocycles. The molecule has 1 heterocycles. The first-order valence-electron chi connectivity index (χ1n) is 6.75. The average Bonchev–Trinajstić information content (AvgIpc) is 3.08. The Morgan fingerprint density at radius 1 is 1.22 bits per heavy atom. The highest BCUT2D eigenvalue weighted by molar-refractivity contribution is 7.11. The first-order chi connectivity index (χ1) is 11.1. The van der Waals surface area contributed by atoms with E-state index in [2.05, 4.69) is 15.6 Å². The predicted molar refractivity (Wildman–Crippen MR) is 86.2 cm³/mol. The molecule has 0 saturated heterocycles. The van der Waals surface area contributed by atoms with Gasteiger partial charge in [-0.2, -0.15) is 0 Å². The van der Waals surface area contributed by atoms with Crippen molar-refractivity contribution < 1.29 is 19.1 Å².